The summed E-state index contributed by atoms with van der Waals surface area (Å²) in [5.41, 5.74) is 1.88. The first kappa shape index (κ1) is 20.2. The first-order valence-corrected chi connectivity index (χ1v) is 9.89. The summed E-state index contributed by atoms with van der Waals surface area (Å²) in [5, 5.41) is 2.88. The fraction of sp³-hybridized carbons (Fsp3) is 0.571. The molecule has 1 aromatic carbocycles. The Morgan fingerprint density at radius 1 is 1.29 bits per heavy atom. The van der Waals surface area contributed by atoms with Crippen molar-refractivity contribution in [3.8, 4) is 0 Å². The minimum Gasteiger partial charge on any atom is -0.465 e. The molecule has 1 saturated heterocycles. The molecule has 1 saturated carbocycles. The minimum absolute atomic E-state index is 0.173. The Morgan fingerprint density at radius 2 is 2.00 bits per heavy atom. The van der Waals surface area contributed by atoms with Crippen molar-refractivity contribution in [3.63, 3.8) is 0 Å². The molecule has 152 valence electrons. The number of methoxy groups -OCH3 is 1. The molecule has 7 nitrogen and oxygen atoms in total. The van der Waals surface area contributed by atoms with Gasteiger partial charge >= 0.3 is 12.0 Å². The number of likely N-dealkylation sites (tertiary alicyclic amines) is 1. The molecule has 0 radical (unpaired) electrons. The fourth-order valence-electron chi connectivity index (χ4n) is 4.23. The Labute approximate surface area is 166 Å². The Kier molecular flexibility index (Phi) is 6.21. The van der Waals surface area contributed by atoms with Gasteiger partial charge in [-0.3, -0.25) is 4.79 Å². The Balaban J connectivity index is 1.55. The summed E-state index contributed by atoms with van der Waals surface area (Å²) in [7, 11) is 3.08. The van der Waals surface area contributed by atoms with Gasteiger partial charge in [0.1, 0.15) is 0 Å². The lowest BCUT2D eigenvalue weighted by molar-refractivity contribution is -0.129. The van der Waals surface area contributed by atoms with E-state index >= 15 is 0 Å². The van der Waals surface area contributed by atoms with Crippen LogP contribution in [0.3, 0.4) is 0 Å². The van der Waals surface area contributed by atoms with E-state index in [1.165, 1.54) is 20.0 Å². The molecule has 3 amide bonds. The zero-order valence-electron chi connectivity index (χ0n) is 16.9. The largest absolute Gasteiger partial charge is 0.465 e. The van der Waals surface area contributed by atoms with Crippen molar-refractivity contribution in [2.75, 3.05) is 32.6 Å². The molecule has 0 spiro atoms. The standard InChI is InChI=1S/C21H29N3O4/c1-14-10-16(20(26)28-3)8-9-18(14)22-21(27)23(2)12-15-11-19(25)24(13-15)17-6-4-5-7-17/h8-10,15,17H,4-7,11-13H2,1-3H3,(H,22,27)/t15-/m0/s1. The van der Waals surface area contributed by atoms with Crippen LogP contribution in [0.2, 0.25) is 0 Å². The molecule has 1 aromatic rings. The number of hydrogen-bond donors (Lipinski definition) is 1. The van der Waals surface area contributed by atoms with E-state index in [9.17, 15) is 14.4 Å². The lowest BCUT2D eigenvalue weighted by atomic mass is 10.1. The lowest BCUT2D eigenvalue weighted by Gasteiger charge is -2.25. The predicted molar refractivity (Wildman–Crippen MR) is 106 cm³/mol. The maximum Gasteiger partial charge on any atom is 0.337 e. The molecular weight excluding hydrogens is 358 g/mol. The molecule has 28 heavy (non-hydrogen) atoms. The van der Waals surface area contributed by atoms with Gasteiger partial charge in [-0.25, -0.2) is 9.59 Å². The summed E-state index contributed by atoms with van der Waals surface area (Å²) in [5.74, 6) is -0.0117. The quantitative estimate of drug-likeness (QED) is 0.788. The van der Waals surface area contributed by atoms with Crippen molar-refractivity contribution >= 4 is 23.6 Å². The number of benzene rings is 1. The van der Waals surface area contributed by atoms with Gasteiger partial charge < -0.3 is 19.9 Å². The molecule has 0 aromatic heterocycles. The van der Waals surface area contributed by atoms with Crippen LogP contribution in [0, 0.1) is 12.8 Å². The van der Waals surface area contributed by atoms with Gasteiger partial charge in [-0.1, -0.05) is 12.8 Å². The van der Waals surface area contributed by atoms with Gasteiger partial charge in [0.15, 0.2) is 0 Å². The molecule has 2 fully saturated rings. The van der Waals surface area contributed by atoms with Crippen molar-refractivity contribution in [2.24, 2.45) is 5.92 Å². The molecule has 1 heterocycles. The summed E-state index contributed by atoms with van der Waals surface area (Å²) in [6, 6.07) is 5.20. The van der Waals surface area contributed by atoms with E-state index in [-0.39, 0.29) is 17.9 Å². The Morgan fingerprint density at radius 3 is 2.64 bits per heavy atom. The van der Waals surface area contributed by atoms with Gasteiger partial charge in [0.05, 0.1) is 12.7 Å². The van der Waals surface area contributed by atoms with Crippen LogP contribution in [0.4, 0.5) is 10.5 Å². The van der Waals surface area contributed by atoms with E-state index < -0.39 is 5.97 Å². The summed E-state index contributed by atoms with van der Waals surface area (Å²) < 4.78 is 4.71. The number of ether oxygens (including phenoxy) is 1. The zero-order chi connectivity index (χ0) is 20.3. The highest BCUT2D eigenvalue weighted by atomic mass is 16.5. The van der Waals surface area contributed by atoms with E-state index in [1.807, 2.05) is 11.8 Å². The maximum absolute atomic E-state index is 12.6. The molecule has 0 bridgehead atoms. The molecule has 2 aliphatic rings. The number of carbonyl (C=O) groups is 3. The normalized spacial score (nSPS) is 19.8. The SMILES string of the molecule is COC(=O)c1ccc(NC(=O)N(C)C[C@@H]2CC(=O)N(C3CCCC3)C2)c(C)c1. The second-order valence-corrected chi connectivity index (χ2v) is 7.89. The van der Waals surface area contributed by atoms with Crippen LogP contribution in [0.5, 0.6) is 0 Å². The summed E-state index contributed by atoms with van der Waals surface area (Å²) >= 11 is 0. The van der Waals surface area contributed by atoms with Crippen LogP contribution in [-0.2, 0) is 9.53 Å². The van der Waals surface area contributed by atoms with Gasteiger partial charge in [-0.05, 0) is 43.5 Å². The van der Waals surface area contributed by atoms with E-state index in [2.05, 4.69) is 5.32 Å². The highest BCUT2D eigenvalue weighted by Gasteiger charge is 2.36. The second-order valence-electron chi connectivity index (χ2n) is 7.89. The van der Waals surface area contributed by atoms with E-state index in [0.717, 1.165) is 24.9 Å². The number of amides is 3. The first-order valence-electron chi connectivity index (χ1n) is 9.89. The Hall–Kier alpha value is -2.57. The van der Waals surface area contributed by atoms with E-state index in [0.29, 0.717) is 30.3 Å². The number of aryl methyl sites for hydroxylation is 1. The number of urea groups is 1. The molecule has 0 unspecified atom stereocenters. The summed E-state index contributed by atoms with van der Waals surface area (Å²) in [6.07, 6.45) is 5.14. The van der Waals surface area contributed by atoms with E-state index in [1.54, 1.807) is 30.1 Å². The van der Waals surface area contributed by atoms with Crippen LogP contribution in [0.1, 0.15) is 48.0 Å². The van der Waals surface area contributed by atoms with Crippen LogP contribution in [0.15, 0.2) is 18.2 Å². The molecule has 1 aliphatic carbocycles. The van der Waals surface area contributed by atoms with E-state index in [4.69, 9.17) is 4.74 Å². The maximum atomic E-state index is 12.6. The zero-order valence-corrected chi connectivity index (χ0v) is 16.9. The van der Waals surface area contributed by atoms with Gasteiger partial charge in [-0.15, -0.1) is 0 Å². The lowest BCUT2D eigenvalue weighted by Crippen LogP contribution is -2.38. The third-order valence-electron chi connectivity index (χ3n) is 5.77. The van der Waals surface area contributed by atoms with Gasteiger partial charge in [0, 0.05) is 44.2 Å². The minimum atomic E-state index is -0.407. The molecular formula is C21H29N3O4. The number of carbonyl (C=O) groups excluding carboxylic acids is 3. The third-order valence-corrected chi connectivity index (χ3v) is 5.77. The van der Waals surface area contributed by atoms with Crippen molar-refractivity contribution in [3.05, 3.63) is 29.3 Å². The number of anilines is 1. The second kappa shape index (κ2) is 8.63. The molecule has 1 aliphatic heterocycles. The average Bonchev–Trinajstić information content (AvgIpc) is 3.32. The van der Waals surface area contributed by atoms with Crippen LogP contribution >= 0.6 is 0 Å². The number of nitrogens with one attached hydrogen (secondary N) is 1. The average molecular weight is 387 g/mol. The first-order chi connectivity index (χ1) is 13.4. The number of esters is 1. The van der Waals surface area contributed by atoms with Gasteiger partial charge in [-0.2, -0.15) is 0 Å². The number of rotatable bonds is 5. The number of hydrogen-bond acceptors (Lipinski definition) is 4. The fourth-order valence-corrected chi connectivity index (χ4v) is 4.23. The van der Waals surface area contributed by atoms with Crippen LogP contribution in [0.25, 0.3) is 0 Å². The predicted octanol–water partition coefficient (Wildman–Crippen LogP) is 3.04. The molecule has 1 atom stereocenters. The summed E-state index contributed by atoms with van der Waals surface area (Å²) in [4.78, 5) is 40.2. The van der Waals surface area contributed by atoms with Crippen molar-refractivity contribution < 1.29 is 19.1 Å². The molecule has 1 N–H and O–H groups in total. The van der Waals surface area contributed by atoms with Gasteiger partial charge in [0.2, 0.25) is 5.91 Å². The molecule has 3 rings (SSSR count). The monoisotopic (exact) mass is 387 g/mol. The number of nitrogens with zero attached hydrogens (tertiary/aromatic N) is 2. The Bertz CT molecular complexity index is 758. The summed E-state index contributed by atoms with van der Waals surface area (Å²) in [6.45, 7) is 3.12. The smallest absolute Gasteiger partial charge is 0.337 e. The van der Waals surface area contributed by atoms with Gasteiger partial charge in [0.25, 0.3) is 0 Å². The van der Waals surface area contributed by atoms with Crippen molar-refractivity contribution in [1.82, 2.24) is 9.80 Å². The molecule has 7 heteroatoms. The highest BCUT2D eigenvalue weighted by Crippen LogP contribution is 2.29. The van der Waals surface area contributed by atoms with Crippen LogP contribution < -0.4 is 5.32 Å². The topological polar surface area (TPSA) is 79.0 Å². The van der Waals surface area contributed by atoms with Crippen molar-refractivity contribution in [1.29, 1.82) is 0 Å². The third kappa shape index (κ3) is 4.46. The van der Waals surface area contributed by atoms with Crippen LogP contribution in [-0.4, -0.2) is 61.0 Å². The van der Waals surface area contributed by atoms with Crippen molar-refractivity contribution in [2.45, 2.75) is 45.1 Å². The highest BCUT2D eigenvalue weighted by molar-refractivity contribution is 5.93.